The Morgan fingerprint density at radius 3 is 2.04 bits per heavy atom. The number of methoxy groups -OCH3 is 2. The van der Waals surface area contributed by atoms with Crippen LogP contribution in [0.2, 0.25) is 0 Å². The molecule has 0 aromatic heterocycles. The SMILES string of the molecule is CO[C@]1(C)C[C@H](O[C@H]2[C@H](C)[C@@H](O[C@@H]3O[C@H](C)C[C@@H](N4CCCCC4)[C@@H]3N(C)C)[C@@](C)(OC)C[C@@H](C)C(=O)[C@H](C)[C@@H](O)[C@@]3(O)C(C)[C@H]3OC(=O)[C@@H]2C)O[C@@H](C)[C@@H]1O. The van der Waals surface area contributed by atoms with Crippen LogP contribution in [0.4, 0.5) is 0 Å². The van der Waals surface area contributed by atoms with Gasteiger partial charge >= 0.3 is 5.97 Å². The number of ketones is 1. The highest BCUT2D eigenvalue weighted by Crippen LogP contribution is 2.52. The fourth-order valence-electron chi connectivity index (χ4n) is 10.5. The fourth-order valence-corrected chi connectivity index (χ4v) is 10.5. The van der Waals surface area contributed by atoms with Crippen molar-refractivity contribution in [1.82, 2.24) is 9.80 Å². The second-order valence-electron chi connectivity index (χ2n) is 18.7. The first-order valence-corrected chi connectivity index (χ1v) is 21.1. The van der Waals surface area contributed by atoms with E-state index in [0.717, 1.165) is 32.4 Å². The van der Waals surface area contributed by atoms with Crippen molar-refractivity contribution < 1.29 is 58.1 Å². The van der Waals surface area contributed by atoms with Gasteiger partial charge in [-0.05, 0) is 87.5 Å². The van der Waals surface area contributed by atoms with E-state index >= 15 is 0 Å². The van der Waals surface area contributed by atoms with Crippen molar-refractivity contribution >= 4 is 11.8 Å². The lowest BCUT2D eigenvalue weighted by Crippen LogP contribution is -2.64. The molecule has 4 heterocycles. The van der Waals surface area contributed by atoms with Crippen LogP contribution in [0.1, 0.15) is 101 Å². The number of esters is 1. The number of likely N-dealkylation sites (tertiary alicyclic amines) is 1. The van der Waals surface area contributed by atoms with Gasteiger partial charge < -0.3 is 53.4 Å². The summed E-state index contributed by atoms with van der Waals surface area (Å²) in [5.41, 5.74) is -3.93. The summed E-state index contributed by atoms with van der Waals surface area (Å²) in [4.78, 5) is 33.1. The Hall–Kier alpha value is -1.30. The van der Waals surface area contributed by atoms with Gasteiger partial charge in [0.05, 0.1) is 53.7 Å². The number of ether oxygens (including phenoxy) is 7. The van der Waals surface area contributed by atoms with Gasteiger partial charge in [-0.2, -0.15) is 0 Å². The number of carbonyl (C=O) groups excluding carboxylic acids is 2. The molecule has 0 amide bonds. The molecule has 324 valence electrons. The topological polar surface area (TPSA) is 166 Å². The average Bonchev–Trinajstić information content (AvgIpc) is 3.69. The lowest BCUT2D eigenvalue weighted by molar-refractivity contribution is -0.314. The van der Waals surface area contributed by atoms with Gasteiger partial charge in [-0.15, -0.1) is 0 Å². The maximum absolute atomic E-state index is 14.3. The number of carbonyl (C=O) groups is 2. The molecule has 56 heavy (non-hydrogen) atoms. The summed E-state index contributed by atoms with van der Waals surface area (Å²) in [6.07, 6.45) is -2.78. The Labute approximate surface area is 335 Å². The largest absolute Gasteiger partial charge is 0.458 e. The normalized spacial score (nSPS) is 50.2. The van der Waals surface area contributed by atoms with Gasteiger partial charge in [-0.1, -0.05) is 34.1 Å². The summed E-state index contributed by atoms with van der Waals surface area (Å²) >= 11 is 0. The molecule has 5 rings (SSSR count). The lowest BCUT2D eigenvalue weighted by atomic mass is 9.75. The summed E-state index contributed by atoms with van der Waals surface area (Å²) in [7, 11) is 7.22. The van der Waals surface area contributed by atoms with Crippen molar-refractivity contribution in [3.05, 3.63) is 0 Å². The highest BCUT2D eigenvalue weighted by atomic mass is 16.7. The van der Waals surface area contributed by atoms with Crippen molar-refractivity contribution in [2.75, 3.05) is 41.4 Å². The van der Waals surface area contributed by atoms with Crippen LogP contribution in [0.3, 0.4) is 0 Å². The Balaban J connectivity index is 1.60. The third kappa shape index (κ3) is 8.77. The van der Waals surface area contributed by atoms with E-state index in [2.05, 4.69) is 16.7 Å². The Morgan fingerprint density at radius 1 is 0.821 bits per heavy atom. The fraction of sp³-hybridized carbons (Fsp3) is 0.952. The van der Waals surface area contributed by atoms with Crippen LogP contribution < -0.4 is 0 Å². The molecule has 0 radical (unpaired) electrons. The van der Waals surface area contributed by atoms with Gasteiger partial charge in [-0.25, -0.2) is 0 Å². The van der Waals surface area contributed by atoms with Crippen LogP contribution in [0.5, 0.6) is 0 Å². The number of fused-ring (bicyclic) bond motifs is 1. The summed E-state index contributed by atoms with van der Waals surface area (Å²) in [5.74, 6) is -4.59. The summed E-state index contributed by atoms with van der Waals surface area (Å²) in [6.45, 7) is 18.3. The number of likely N-dealkylation sites (N-methyl/N-ethyl adjacent to an activating group) is 1. The standard InChI is InChI=1S/C42H74N2O12/c1-22-20-41(9,51-13)36(56-39-31(43(10)11)29(19-23(2)52-39)44-17-15-14-16-18-44)25(4)33(54-30-21-40(8,50-12)35(47)28(7)53-30)26(5)38(48)55-37-27(6)42(37,49)34(46)24(3)32(22)45/h22-31,33-37,39,46-47,49H,14-21H2,1-13H3/t22-,23-,24+,25+,26-,27?,28+,29-,30+,31+,33+,34-,35+,36-,37-,39+,40-,41+,42+/m1/s1. The number of rotatable bonds is 8. The molecule has 14 heteroatoms. The minimum Gasteiger partial charge on any atom is -0.458 e. The molecule has 0 bridgehead atoms. The highest BCUT2D eigenvalue weighted by Gasteiger charge is 2.70. The molecule has 3 N–H and O–H groups in total. The minimum atomic E-state index is -1.79. The van der Waals surface area contributed by atoms with E-state index in [-0.39, 0.29) is 36.8 Å². The van der Waals surface area contributed by atoms with Crippen LogP contribution in [0.25, 0.3) is 0 Å². The Bertz CT molecular complexity index is 1350. The van der Waals surface area contributed by atoms with Gasteiger partial charge in [0.15, 0.2) is 12.6 Å². The molecule has 4 saturated heterocycles. The molecule has 0 aromatic carbocycles. The third-order valence-electron chi connectivity index (χ3n) is 14.4. The molecule has 5 fully saturated rings. The average molecular weight is 799 g/mol. The molecule has 4 aliphatic heterocycles. The summed E-state index contributed by atoms with van der Waals surface area (Å²) in [5, 5.41) is 34.1. The van der Waals surface area contributed by atoms with Crippen molar-refractivity contribution in [2.45, 2.75) is 185 Å². The maximum Gasteiger partial charge on any atom is 0.311 e. The molecule has 19 atom stereocenters. The van der Waals surface area contributed by atoms with Crippen molar-refractivity contribution in [1.29, 1.82) is 0 Å². The molecular formula is C42H74N2O12. The number of piperidine rings is 1. The van der Waals surface area contributed by atoms with E-state index in [1.807, 2.05) is 34.9 Å². The zero-order valence-corrected chi connectivity index (χ0v) is 36.3. The highest BCUT2D eigenvalue weighted by molar-refractivity contribution is 5.84. The van der Waals surface area contributed by atoms with Crippen molar-refractivity contribution in [3.63, 3.8) is 0 Å². The molecule has 1 aliphatic carbocycles. The predicted octanol–water partition coefficient (Wildman–Crippen LogP) is 3.15. The van der Waals surface area contributed by atoms with Crippen LogP contribution in [-0.2, 0) is 42.7 Å². The van der Waals surface area contributed by atoms with Crippen LogP contribution >= 0.6 is 0 Å². The molecule has 14 nitrogen and oxygen atoms in total. The van der Waals surface area contributed by atoms with E-state index in [9.17, 15) is 24.9 Å². The smallest absolute Gasteiger partial charge is 0.311 e. The van der Waals surface area contributed by atoms with E-state index < -0.39 is 102 Å². The van der Waals surface area contributed by atoms with Crippen LogP contribution in [0, 0.1) is 29.6 Å². The zero-order valence-electron chi connectivity index (χ0n) is 36.3. The van der Waals surface area contributed by atoms with Crippen molar-refractivity contribution in [2.24, 2.45) is 29.6 Å². The number of nitrogens with zero attached hydrogens (tertiary/aromatic N) is 2. The minimum absolute atomic E-state index is 0.107. The van der Waals surface area contributed by atoms with Gasteiger partial charge in [0.25, 0.3) is 0 Å². The Morgan fingerprint density at radius 2 is 1.45 bits per heavy atom. The Kier molecular flexibility index (Phi) is 14.5. The van der Waals surface area contributed by atoms with Crippen molar-refractivity contribution in [3.8, 4) is 0 Å². The number of Topliss-reactive ketones (excluding diaryl/α,β-unsaturated/α-hetero) is 1. The van der Waals surface area contributed by atoms with Crippen LogP contribution in [0.15, 0.2) is 0 Å². The number of aliphatic hydroxyl groups is 3. The van der Waals surface area contributed by atoms with E-state index in [0.29, 0.717) is 0 Å². The predicted molar refractivity (Wildman–Crippen MR) is 207 cm³/mol. The number of hydrogen-bond donors (Lipinski definition) is 3. The number of aliphatic hydroxyl groups excluding tert-OH is 2. The quantitative estimate of drug-likeness (QED) is 0.307. The second-order valence-corrected chi connectivity index (χ2v) is 18.7. The van der Waals surface area contributed by atoms with E-state index in [1.165, 1.54) is 13.5 Å². The molecule has 0 spiro atoms. The van der Waals surface area contributed by atoms with Gasteiger partial charge in [0, 0.05) is 50.4 Å². The van der Waals surface area contributed by atoms with E-state index in [1.54, 1.807) is 41.7 Å². The zero-order chi connectivity index (χ0) is 41.7. The van der Waals surface area contributed by atoms with Gasteiger partial charge in [-0.3, -0.25) is 14.5 Å². The first-order chi connectivity index (χ1) is 26.1. The molecular weight excluding hydrogens is 724 g/mol. The number of hydrogen-bond acceptors (Lipinski definition) is 14. The summed E-state index contributed by atoms with van der Waals surface area (Å²) in [6, 6.07) is 0.0159. The van der Waals surface area contributed by atoms with E-state index in [4.69, 9.17) is 33.2 Å². The molecule has 1 saturated carbocycles. The summed E-state index contributed by atoms with van der Waals surface area (Å²) < 4.78 is 45.4. The van der Waals surface area contributed by atoms with Gasteiger partial charge in [0.2, 0.25) is 0 Å². The second kappa shape index (κ2) is 17.7. The first-order valence-electron chi connectivity index (χ1n) is 21.1. The third-order valence-corrected chi connectivity index (χ3v) is 14.4. The maximum atomic E-state index is 14.3. The van der Waals surface area contributed by atoms with Crippen LogP contribution in [-0.4, -0.2) is 162 Å². The molecule has 0 aromatic rings. The lowest BCUT2D eigenvalue weighted by Gasteiger charge is -2.52. The monoisotopic (exact) mass is 799 g/mol. The van der Waals surface area contributed by atoms with Gasteiger partial charge in [0.1, 0.15) is 23.6 Å². The molecule has 5 aliphatic rings. The molecule has 1 unspecified atom stereocenters. The first kappa shape index (κ1) is 45.8.